The molecule has 180 valence electrons. The second-order valence-corrected chi connectivity index (χ2v) is 10.5. The van der Waals surface area contributed by atoms with Crippen molar-refractivity contribution < 1.29 is 14.3 Å². The third-order valence-electron chi connectivity index (χ3n) is 8.13. The van der Waals surface area contributed by atoms with Gasteiger partial charge in [0, 0.05) is 57.4 Å². The lowest BCUT2D eigenvalue weighted by Gasteiger charge is -2.41. The van der Waals surface area contributed by atoms with E-state index in [9.17, 15) is 9.59 Å². The van der Waals surface area contributed by atoms with Crippen LogP contribution in [0.15, 0.2) is 24.3 Å². The minimum Gasteiger partial charge on any atom is -0.382 e. The Morgan fingerprint density at radius 1 is 1.24 bits per heavy atom. The molecule has 33 heavy (non-hydrogen) atoms. The van der Waals surface area contributed by atoms with Crippen LogP contribution in [-0.2, 0) is 20.7 Å². The molecule has 2 saturated heterocycles. The van der Waals surface area contributed by atoms with Crippen molar-refractivity contribution in [3.63, 3.8) is 0 Å². The molecule has 8 nitrogen and oxygen atoms in total. The van der Waals surface area contributed by atoms with Crippen molar-refractivity contribution in [2.75, 3.05) is 38.8 Å². The van der Waals surface area contributed by atoms with Crippen molar-refractivity contribution >= 4 is 17.5 Å². The number of methoxy groups -OCH3 is 1. The molecule has 4 aliphatic rings. The Kier molecular flexibility index (Phi) is 5.87. The summed E-state index contributed by atoms with van der Waals surface area (Å²) in [6.45, 7) is 6.06. The largest absolute Gasteiger partial charge is 0.382 e. The Bertz CT molecular complexity index is 917. The number of fused-ring (bicyclic) bond motifs is 2. The minimum absolute atomic E-state index is 0.0591. The van der Waals surface area contributed by atoms with Gasteiger partial charge in [-0.1, -0.05) is 18.2 Å². The highest BCUT2D eigenvalue weighted by Gasteiger charge is 2.55. The molecule has 4 atom stereocenters. The molecule has 5 rings (SSSR count). The molecular weight excluding hydrogens is 418 g/mol. The van der Waals surface area contributed by atoms with Crippen LogP contribution in [0.5, 0.6) is 0 Å². The molecular formula is C25H37N5O3. The van der Waals surface area contributed by atoms with Gasteiger partial charge in [0.1, 0.15) is 12.1 Å². The highest BCUT2D eigenvalue weighted by Crippen LogP contribution is 2.44. The van der Waals surface area contributed by atoms with Crippen molar-refractivity contribution in [2.24, 2.45) is 5.92 Å². The quantitative estimate of drug-likeness (QED) is 0.670. The van der Waals surface area contributed by atoms with Crippen molar-refractivity contribution in [1.82, 2.24) is 20.7 Å². The van der Waals surface area contributed by atoms with Gasteiger partial charge in [0.05, 0.1) is 12.1 Å². The first-order valence-corrected chi connectivity index (χ1v) is 12.3. The van der Waals surface area contributed by atoms with Gasteiger partial charge in [-0.3, -0.25) is 15.0 Å². The second kappa shape index (κ2) is 8.56. The number of likely N-dealkylation sites (tertiary alicyclic amines) is 1. The number of likely N-dealkylation sites (N-methyl/N-ethyl adjacent to an activating group) is 1. The number of anilines is 1. The first-order chi connectivity index (χ1) is 15.9. The summed E-state index contributed by atoms with van der Waals surface area (Å²) in [4.78, 5) is 33.5. The predicted octanol–water partition coefficient (Wildman–Crippen LogP) is 1.16. The van der Waals surface area contributed by atoms with Crippen molar-refractivity contribution in [2.45, 2.75) is 69.2 Å². The van der Waals surface area contributed by atoms with Gasteiger partial charge in [0.2, 0.25) is 11.8 Å². The number of benzene rings is 1. The maximum atomic E-state index is 13.8. The van der Waals surface area contributed by atoms with E-state index in [0.717, 1.165) is 37.9 Å². The zero-order valence-corrected chi connectivity index (χ0v) is 20.2. The molecule has 0 aromatic heterocycles. The number of hydrazine groups is 1. The Balaban J connectivity index is 1.30. The first-order valence-electron chi connectivity index (χ1n) is 12.3. The van der Waals surface area contributed by atoms with Crippen molar-refractivity contribution in [3.8, 4) is 0 Å². The van der Waals surface area contributed by atoms with Gasteiger partial charge in [-0.15, -0.1) is 0 Å². The average Bonchev–Trinajstić information content (AvgIpc) is 3.30. The van der Waals surface area contributed by atoms with Gasteiger partial charge in [0.15, 0.2) is 0 Å². The number of hydrogen-bond acceptors (Lipinski definition) is 6. The second-order valence-electron chi connectivity index (χ2n) is 10.5. The summed E-state index contributed by atoms with van der Waals surface area (Å²) in [6, 6.07) is 8.06. The van der Waals surface area contributed by atoms with Gasteiger partial charge >= 0.3 is 0 Å². The Morgan fingerprint density at radius 2 is 2.00 bits per heavy atom. The van der Waals surface area contributed by atoms with Gasteiger partial charge in [-0.2, -0.15) is 0 Å². The van der Waals surface area contributed by atoms with E-state index in [0.29, 0.717) is 13.2 Å². The van der Waals surface area contributed by atoms with Crippen LogP contribution >= 0.6 is 0 Å². The fraction of sp³-hybridized carbons (Fsp3) is 0.680. The normalized spacial score (nSPS) is 29.7. The van der Waals surface area contributed by atoms with Crippen LogP contribution in [0, 0.1) is 5.92 Å². The van der Waals surface area contributed by atoms with Crippen LogP contribution in [0.2, 0.25) is 0 Å². The molecule has 0 spiro atoms. The van der Waals surface area contributed by atoms with Crippen LogP contribution in [-0.4, -0.2) is 85.2 Å². The minimum atomic E-state index is -0.333. The summed E-state index contributed by atoms with van der Waals surface area (Å²) in [5, 5.41) is 0. The van der Waals surface area contributed by atoms with Crippen molar-refractivity contribution in [3.05, 3.63) is 29.8 Å². The van der Waals surface area contributed by atoms with E-state index >= 15 is 0 Å². The number of carbonyl (C=O) groups is 2. The van der Waals surface area contributed by atoms with E-state index in [1.807, 2.05) is 29.0 Å². The fourth-order valence-corrected chi connectivity index (χ4v) is 6.31. The molecule has 0 radical (unpaired) electrons. The molecule has 3 heterocycles. The monoisotopic (exact) mass is 455 g/mol. The molecule has 4 unspecified atom stereocenters. The number of ether oxygens (including phenoxy) is 1. The predicted molar refractivity (Wildman–Crippen MR) is 127 cm³/mol. The summed E-state index contributed by atoms with van der Waals surface area (Å²) in [6.07, 6.45) is 3.56. The molecule has 1 saturated carbocycles. The smallest absolute Gasteiger partial charge is 0.245 e. The lowest BCUT2D eigenvalue weighted by molar-refractivity contribution is -0.143. The number of piperidine rings is 1. The lowest BCUT2D eigenvalue weighted by atomic mass is 9.86. The molecule has 1 aromatic carbocycles. The van der Waals surface area contributed by atoms with E-state index in [1.54, 1.807) is 7.11 Å². The van der Waals surface area contributed by atoms with E-state index in [1.165, 1.54) is 5.56 Å². The Hall–Kier alpha value is -2.16. The standard InChI is InChI=1S/C25H37N5O3/c1-16(2)30(25(10-11-25)15-33-4)24(32)22-18-14-29(12-9-19(18)26-27-22)23(31)21-13-17-7-5-6-8-20(17)28(21)3/h5-8,16,18-19,21-22,26-27H,9-15H2,1-4H3. The molecule has 0 bridgehead atoms. The van der Waals surface area contributed by atoms with E-state index < -0.39 is 0 Å². The molecule has 2 N–H and O–H groups in total. The molecule has 1 aliphatic carbocycles. The SMILES string of the molecule is COCC1(N(C(=O)C2NNC3CCN(C(=O)C4Cc5ccccc5N4C)CC32)C(C)C)CC1. The zero-order valence-electron chi connectivity index (χ0n) is 20.2. The highest BCUT2D eigenvalue weighted by molar-refractivity contribution is 5.89. The molecule has 2 amide bonds. The van der Waals surface area contributed by atoms with E-state index in [4.69, 9.17) is 4.74 Å². The van der Waals surface area contributed by atoms with Crippen LogP contribution in [0.25, 0.3) is 0 Å². The highest BCUT2D eigenvalue weighted by atomic mass is 16.5. The summed E-state index contributed by atoms with van der Waals surface area (Å²) < 4.78 is 5.47. The van der Waals surface area contributed by atoms with Gasteiger partial charge in [-0.05, 0) is 44.7 Å². The summed E-state index contributed by atoms with van der Waals surface area (Å²) in [5.74, 6) is 0.354. The van der Waals surface area contributed by atoms with E-state index in [2.05, 4.69) is 41.7 Å². The maximum absolute atomic E-state index is 13.8. The van der Waals surface area contributed by atoms with Crippen molar-refractivity contribution in [1.29, 1.82) is 0 Å². The maximum Gasteiger partial charge on any atom is 0.245 e. The number of nitrogens with one attached hydrogen (secondary N) is 2. The summed E-state index contributed by atoms with van der Waals surface area (Å²) >= 11 is 0. The number of rotatable bonds is 6. The van der Waals surface area contributed by atoms with Crippen LogP contribution in [0.1, 0.15) is 38.7 Å². The summed E-state index contributed by atoms with van der Waals surface area (Å²) in [5.41, 5.74) is 8.85. The molecule has 3 fully saturated rings. The third kappa shape index (κ3) is 3.82. The topological polar surface area (TPSA) is 77.1 Å². The van der Waals surface area contributed by atoms with Crippen LogP contribution in [0.4, 0.5) is 5.69 Å². The number of para-hydroxylation sites is 1. The molecule has 1 aromatic rings. The van der Waals surface area contributed by atoms with E-state index in [-0.39, 0.29) is 47.4 Å². The molecule has 8 heteroatoms. The fourth-order valence-electron chi connectivity index (χ4n) is 6.31. The zero-order chi connectivity index (χ0) is 23.3. The first kappa shape index (κ1) is 22.6. The Morgan fingerprint density at radius 3 is 2.67 bits per heavy atom. The van der Waals surface area contributed by atoms with Gasteiger partial charge < -0.3 is 19.4 Å². The van der Waals surface area contributed by atoms with Crippen LogP contribution in [0.3, 0.4) is 0 Å². The van der Waals surface area contributed by atoms with Gasteiger partial charge in [0.25, 0.3) is 0 Å². The molecule has 3 aliphatic heterocycles. The van der Waals surface area contributed by atoms with Gasteiger partial charge in [-0.25, -0.2) is 5.43 Å². The number of hydrogen-bond donors (Lipinski definition) is 2. The Labute approximate surface area is 196 Å². The number of carbonyl (C=O) groups excluding carboxylic acids is 2. The lowest BCUT2D eigenvalue weighted by Crippen LogP contribution is -2.59. The number of nitrogens with zero attached hydrogens (tertiary/aromatic N) is 3. The van der Waals surface area contributed by atoms with Crippen LogP contribution < -0.4 is 15.8 Å². The summed E-state index contributed by atoms with van der Waals surface area (Å²) in [7, 11) is 3.72. The number of amides is 2. The third-order valence-corrected chi connectivity index (χ3v) is 8.13. The average molecular weight is 456 g/mol.